The van der Waals surface area contributed by atoms with Gasteiger partial charge in [0.25, 0.3) is 5.91 Å². The van der Waals surface area contributed by atoms with Crippen LogP contribution in [0.2, 0.25) is 0 Å². The van der Waals surface area contributed by atoms with E-state index < -0.39 is 0 Å². The van der Waals surface area contributed by atoms with Crippen LogP contribution in [0.1, 0.15) is 28.8 Å². The molecule has 0 bridgehead atoms. The fraction of sp³-hybridized carbons (Fsp3) is 0.389. The van der Waals surface area contributed by atoms with Gasteiger partial charge in [-0.2, -0.15) is 0 Å². The van der Waals surface area contributed by atoms with E-state index in [-0.39, 0.29) is 17.8 Å². The van der Waals surface area contributed by atoms with Gasteiger partial charge in [-0.05, 0) is 37.5 Å². The van der Waals surface area contributed by atoms with E-state index in [0.29, 0.717) is 36.0 Å². The number of methoxy groups -OCH3 is 1. The maximum absolute atomic E-state index is 13.7. The van der Waals surface area contributed by atoms with Crippen LogP contribution in [0.25, 0.3) is 0 Å². The van der Waals surface area contributed by atoms with E-state index in [2.05, 4.69) is 10.2 Å². The predicted octanol–water partition coefficient (Wildman–Crippen LogP) is 2.62. The molecule has 6 nitrogen and oxygen atoms in total. The number of nitrogens with zero attached hydrogens (tertiary/aromatic N) is 3. The molecule has 2 heterocycles. The topological polar surface area (TPSA) is 64.6 Å². The van der Waals surface area contributed by atoms with Crippen LogP contribution in [0, 0.1) is 12.7 Å². The summed E-state index contributed by atoms with van der Waals surface area (Å²) < 4.78 is 24.5. The van der Waals surface area contributed by atoms with E-state index in [1.165, 1.54) is 13.2 Å². The molecular formula is C18H20FN3O3. The van der Waals surface area contributed by atoms with Crippen molar-refractivity contribution in [3.63, 3.8) is 0 Å². The minimum Gasteiger partial charge on any atom is -0.480 e. The van der Waals surface area contributed by atoms with Crippen molar-refractivity contribution in [2.75, 3.05) is 20.2 Å². The number of aryl methyl sites for hydroxylation is 1. The summed E-state index contributed by atoms with van der Waals surface area (Å²) in [7, 11) is 1.52. The highest BCUT2D eigenvalue weighted by atomic mass is 19.1. The van der Waals surface area contributed by atoms with E-state index >= 15 is 0 Å². The fourth-order valence-corrected chi connectivity index (χ4v) is 2.78. The maximum atomic E-state index is 13.7. The number of piperidine rings is 1. The number of hydrogen-bond donors (Lipinski definition) is 0. The van der Waals surface area contributed by atoms with Crippen molar-refractivity contribution in [1.29, 1.82) is 0 Å². The highest BCUT2D eigenvalue weighted by Crippen LogP contribution is 2.20. The summed E-state index contributed by atoms with van der Waals surface area (Å²) in [6, 6.07) is 7.91. The van der Waals surface area contributed by atoms with Crippen LogP contribution >= 0.6 is 0 Å². The van der Waals surface area contributed by atoms with Crippen molar-refractivity contribution in [3.05, 3.63) is 47.3 Å². The van der Waals surface area contributed by atoms with E-state index in [0.717, 1.165) is 12.8 Å². The first-order chi connectivity index (χ1) is 12.1. The minimum atomic E-state index is -0.371. The number of ether oxygens (including phenoxy) is 2. The first-order valence-electron chi connectivity index (χ1n) is 8.16. The normalized spacial score (nSPS) is 17.2. The molecule has 3 rings (SSSR count). The number of carbonyl (C=O) groups excluding carboxylic acids is 1. The number of hydrogen-bond acceptors (Lipinski definition) is 5. The zero-order valence-corrected chi connectivity index (χ0v) is 14.2. The lowest BCUT2D eigenvalue weighted by molar-refractivity contribution is 0.0524. The molecule has 0 spiro atoms. The number of benzene rings is 1. The lowest BCUT2D eigenvalue weighted by Gasteiger charge is -2.32. The second-order valence-electron chi connectivity index (χ2n) is 6.01. The molecule has 7 heteroatoms. The van der Waals surface area contributed by atoms with Gasteiger partial charge in [0.1, 0.15) is 11.9 Å². The molecule has 0 radical (unpaired) electrons. The summed E-state index contributed by atoms with van der Waals surface area (Å²) in [6.07, 6.45) is 1.46. The van der Waals surface area contributed by atoms with E-state index in [4.69, 9.17) is 9.47 Å². The third-order valence-electron chi connectivity index (χ3n) is 4.20. The summed E-state index contributed by atoms with van der Waals surface area (Å²) in [5, 5.41) is 7.81. The lowest BCUT2D eigenvalue weighted by Crippen LogP contribution is -2.44. The van der Waals surface area contributed by atoms with Crippen molar-refractivity contribution >= 4 is 5.91 Å². The molecular weight excluding hydrogens is 325 g/mol. The molecule has 1 fully saturated rings. The van der Waals surface area contributed by atoms with Gasteiger partial charge in [0.05, 0.1) is 13.7 Å². The predicted molar refractivity (Wildman–Crippen MR) is 89.3 cm³/mol. The molecule has 0 aliphatic carbocycles. The van der Waals surface area contributed by atoms with Gasteiger partial charge in [-0.25, -0.2) is 4.39 Å². The molecule has 1 aliphatic rings. The SMILES string of the molecule is COc1ccc(OC2CCCN(C(=O)c3ccc(C)c(F)c3)C2)nn1. The third-order valence-corrected chi connectivity index (χ3v) is 4.20. The number of rotatable bonds is 4. The fourth-order valence-electron chi connectivity index (χ4n) is 2.78. The van der Waals surface area contributed by atoms with Crippen LogP contribution in [0.5, 0.6) is 11.8 Å². The summed E-state index contributed by atoms with van der Waals surface area (Å²) in [4.78, 5) is 14.3. The molecule has 1 amide bonds. The van der Waals surface area contributed by atoms with Crippen LogP contribution < -0.4 is 9.47 Å². The van der Waals surface area contributed by atoms with Gasteiger partial charge in [-0.15, -0.1) is 10.2 Å². The lowest BCUT2D eigenvalue weighted by atomic mass is 10.1. The Labute approximate surface area is 145 Å². The van der Waals surface area contributed by atoms with Gasteiger partial charge in [-0.1, -0.05) is 6.07 Å². The summed E-state index contributed by atoms with van der Waals surface area (Å²) in [6.45, 7) is 2.73. The maximum Gasteiger partial charge on any atom is 0.254 e. The Morgan fingerprint density at radius 2 is 2.00 bits per heavy atom. The molecule has 1 unspecified atom stereocenters. The second-order valence-corrected chi connectivity index (χ2v) is 6.01. The van der Waals surface area contributed by atoms with Gasteiger partial charge in [0.15, 0.2) is 0 Å². The first-order valence-corrected chi connectivity index (χ1v) is 8.16. The van der Waals surface area contributed by atoms with Crippen molar-refractivity contribution < 1.29 is 18.7 Å². The van der Waals surface area contributed by atoms with Crippen LogP contribution in [0.4, 0.5) is 4.39 Å². The van der Waals surface area contributed by atoms with Crippen molar-refractivity contribution in [3.8, 4) is 11.8 Å². The second kappa shape index (κ2) is 7.46. The Balaban J connectivity index is 1.65. The van der Waals surface area contributed by atoms with Gasteiger partial charge < -0.3 is 14.4 Å². The zero-order valence-electron chi connectivity index (χ0n) is 14.2. The van der Waals surface area contributed by atoms with Crippen molar-refractivity contribution in [1.82, 2.24) is 15.1 Å². The first kappa shape index (κ1) is 17.1. The van der Waals surface area contributed by atoms with Crippen LogP contribution in [0.15, 0.2) is 30.3 Å². The number of likely N-dealkylation sites (tertiary alicyclic amines) is 1. The molecule has 1 atom stereocenters. The quantitative estimate of drug-likeness (QED) is 0.852. The van der Waals surface area contributed by atoms with Crippen molar-refractivity contribution in [2.45, 2.75) is 25.9 Å². The largest absolute Gasteiger partial charge is 0.480 e. The number of carbonyl (C=O) groups is 1. The number of amides is 1. The summed E-state index contributed by atoms with van der Waals surface area (Å²) >= 11 is 0. The third kappa shape index (κ3) is 4.04. The molecule has 25 heavy (non-hydrogen) atoms. The number of aromatic nitrogens is 2. The van der Waals surface area contributed by atoms with Crippen LogP contribution in [-0.2, 0) is 0 Å². The van der Waals surface area contributed by atoms with E-state index in [9.17, 15) is 9.18 Å². The zero-order chi connectivity index (χ0) is 17.8. The molecule has 1 aromatic heterocycles. The minimum absolute atomic E-state index is 0.171. The van der Waals surface area contributed by atoms with Crippen LogP contribution in [0.3, 0.4) is 0 Å². The average molecular weight is 345 g/mol. The van der Waals surface area contributed by atoms with Gasteiger partial charge in [-0.3, -0.25) is 4.79 Å². The van der Waals surface area contributed by atoms with Crippen molar-refractivity contribution in [2.24, 2.45) is 0 Å². The Morgan fingerprint density at radius 1 is 1.24 bits per heavy atom. The molecule has 1 saturated heterocycles. The van der Waals surface area contributed by atoms with Crippen LogP contribution in [-0.4, -0.2) is 47.3 Å². The van der Waals surface area contributed by atoms with E-state index in [1.54, 1.807) is 36.1 Å². The monoisotopic (exact) mass is 345 g/mol. The highest BCUT2D eigenvalue weighted by molar-refractivity contribution is 5.94. The van der Waals surface area contributed by atoms with E-state index in [1.807, 2.05) is 0 Å². The molecule has 1 aliphatic heterocycles. The van der Waals surface area contributed by atoms with Gasteiger partial charge in [0.2, 0.25) is 11.8 Å². The summed E-state index contributed by atoms with van der Waals surface area (Å²) in [5.74, 6) is 0.243. The summed E-state index contributed by atoms with van der Waals surface area (Å²) in [5.41, 5.74) is 0.877. The Kier molecular flexibility index (Phi) is 5.11. The molecule has 2 aromatic rings. The Hall–Kier alpha value is -2.70. The Bertz CT molecular complexity index is 752. The van der Waals surface area contributed by atoms with Gasteiger partial charge in [0, 0.05) is 24.2 Å². The molecule has 0 N–H and O–H groups in total. The molecule has 0 saturated carbocycles. The standard InChI is InChI=1S/C18H20FN3O3/c1-12-5-6-13(10-15(12)19)18(23)22-9-3-4-14(11-22)25-17-8-7-16(24-2)20-21-17/h5-8,10,14H,3-4,9,11H2,1-2H3. The smallest absolute Gasteiger partial charge is 0.254 e. The average Bonchev–Trinajstić information content (AvgIpc) is 2.64. The van der Waals surface area contributed by atoms with Gasteiger partial charge >= 0.3 is 0 Å². The number of halogens is 1. The molecule has 1 aromatic carbocycles. The highest BCUT2D eigenvalue weighted by Gasteiger charge is 2.26. The molecule has 132 valence electrons. The Morgan fingerprint density at radius 3 is 2.68 bits per heavy atom.